The Morgan fingerprint density at radius 1 is 1.11 bits per heavy atom. The highest BCUT2D eigenvalue weighted by Crippen LogP contribution is 2.31. The number of halogens is 3. The van der Waals surface area contributed by atoms with Gasteiger partial charge in [0.05, 0.1) is 5.56 Å². The van der Waals surface area contributed by atoms with E-state index in [1.54, 1.807) is 38.1 Å². The van der Waals surface area contributed by atoms with Crippen molar-refractivity contribution in [2.75, 3.05) is 13.2 Å². The summed E-state index contributed by atoms with van der Waals surface area (Å²) in [7, 11) is 0. The second-order valence-electron chi connectivity index (χ2n) is 5.69. The zero-order chi connectivity index (χ0) is 20.6. The van der Waals surface area contributed by atoms with Crippen molar-refractivity contribution in [3.8, 4) is 5.75 Å². The van der Waals surface area contributed by atoms with Gasteiger partial charge in [0.2, 0.25) is 0 Å². The van der Waals surface area contributed by atoms with Gasteiger partial charge in [0, 0.05) is 12.1 Å². The molecule has 0 heterocycles. The van der Waals surface area contributed by atoms with Crippen LogP contribution in [0.25, 0.3) is 0 Å². The third-order valence-corrected chi connectivity index (χ3v) is 3.67. The Hall–Kier alpha value is -3.03. The number of nitrogens with one attached hydrogen (secondary N) is 1. The summed E-state index contributed by atoms with van der Waals surface area (Å²) >= 11 is 0. The zero-order valence-corrected chi connectivity index (χ0v) is 15.5. The second-order valence-corrected chi connectivity index (χ2v) is 5.69. The van der Waals surface area contributed by atoms with Crippen LogP contribution >= 0.6 is 0 Å². The van der Waals surface area contributed by atoms with Crippen LogP contribution in [0.4, 0.5) is 13.2 Å². The fraction of sp³-hybridized carbons (Fsp3) is 0.300. The molecule has 1 amide bonds. The van der Waals surface area contributed by atoms with Crippen LogP contribution in [0.3, 0.4) is 0 Å². The average molecular weight is 394 g/mol. The Labute approximate surface area is 161 Å². The van der Waals surface area contributed by atoms with Crippen molar-refractivity contribution >= 4 is 11.6 Å². The minimum Gasteiger partial charge on any atom is -0.489 e. The molecule has 0 saturated heterocycles. The van der Waals surface area contributed by atoms with Gasteiger partial charge < -0.3 is 14.9 Å². The molecule has 0 fully saturated rings. The van der Waals surface area contributed by atoms with E-state index in [2.05, 4.69) is 10.5 Å². The molecule has 2 aromatic rings. The van der Waals surface area contributed by atoms with E-state index in [4.69, 9.17) is 9.57 Å². The molecule has 0 unspecified atom stereocenters. The maximum absolute atomic E-state index is 12.9. The first-order valence-corrected chi connectivity index (χ1v) is 8.73. The number of carbonyl (C=O) groups is 1. The first kappa shape index (κ1) is 21.3. The Morgan fingerprint density at radius 3 is 2.54 bits per heavy atom. The fourth-order valence-electron chi connectivity index (χ4n) is 2.39. The fourth-order valence-corrected chi connectivity index (χ4v) is 2.39. The van der Waals surface area contributed by atoms with Crippen molar-refractivity contribution < 1.29 is 27.5 Å². The highest BCUT2D eigenvalue weighted by atomic mass is 19.4. The molecule has 2 rings (SSSR count). The summed E-state index contributed by atoms with van der Waals surface area (Å²) in [6, 6.07) is 11.5. The Morgan fingerprint density at radius 2 is 1.86 bits per heavy atom. The molecule has 0 spiro atoms. The lowest BCUT2D eigenvalue weighted by molar-refractivity contribution is -0.137. The topological polar surface area (TPSA) is 59.9 Å². The first-order valence-electron chi connectivity index (χ1n) is 8.73. The number of hydrogen-bond acceptors (Lipinski definition) is 4. The number of likely N-dealkylation sites (N-methyl/N-ethyl adjacent to an activating group) is 1. The molecular formula is C20H21F3N2O3. The summed E-state index contributed by atoms with van der Waals surface area (Å²) in [6.45, 7) is 4.17. The van der Waals surface area contributed by atoms with E-state index in [1.807, 2.05) is 0 Å². The number of oxime groups is 1. The van der Waals surface area contributed by atoms with Crippen molar-refractivity contribution in [1.29, 1.82) is 0 Å². The van der Waals surface area contributed by atoms with Crippen LogP contribution in [0.1, 0.15) is 30.5 Å². The number of benzene rings is 2. The summed E-state index contributed by atoms with van der Waals surface area (Å²) in [6.07, 6.45) is -4.45. The van der Waals surface area contributed by atoms with Gasteiger partial charge in [0.25, 0.3) is 5.91 Å². The van der Waals surface area contributed by atoms with Gasteiger partial charge in [-0.15, -0.1) is 0 Å². The van der Waals surface area contributed by atoms with Crippen LogP contribution in [0, 0.1) is 0 Å². The lowest BCUT2D eigenvalue weighted by Crippen LogP contribution is -2.32. The van der Waals surface area contributed by atoms with E-state index in [0.29, 0.717) is 17.7 Å². The van der Waals surface area contributed by atoms with E-state index in [1.165, 1.54) is 12.1 Å². The van der Waals surface area contributed by atoms with E-state index in [-0.39, 0.29) is 24.7 Å². The molecule has 0 aliphatic carbocycles. The summed E-state index contributed by atoms with van der Waals surface area (Å²) in [4.78, 5) is 17.4. The average Bonchev–Trinajstić information content (AvgIpc) is 2.67. The monoisotopic (exact) mass is 394 g/mol. The minimum absolute atomic E-state index is 0.0396. The molecule has 0 aliphatic heterocycles. The van der Waals surface area contributed by atoms with Crippen LogP contribution in [-0.2, 0) is 22.4 Å². The zero-order valence-electron chi connectivity index (χ0n) is 15.5. The van der Waals surface area contributed by atoms with Crippen LogP contribution in [0.15, 0.2) is 53.7 Å². The molecule has 1 N–H and O–H groups in total. The number of amides is 1. The van der Waals surface area contributed by atoms with Gasteiger partial charge in [-0.05, 0) is 37.6 Å². The van der Waals surface area contributed by atoms with Gasteiger partial charge in [-0.3, -0.25) is 4.79 Å². The number of ether oxygens (including phenoxy) is 1. The van der Waals surface area contributed by atoms with Crippen molar-refractivity contribution in [1.82, 2.24) is 5.32 Å². The smallest absolute Gasteiger partial charge is 0.416 e. The van der Waals surface area contributed by atoms with Crippen molar-refractivity contribution in [3.63, 3.8) is 0 Å². The Bertz CT molecular complexity index is 835. The molecule has 8 heteroatoms. The quantitative estimate of drug-likeness (QED) is 0.540. The van der Waals surface area contributed by atoms with E-state index in [9.17, 15) is 18.0 Å². The van der Waals surface area contributed by atoms with Gasteiger partial charge in [-0.1, -0.05) is 35.5 Å². The van der Waals surface area contributed by atoms with Crippen molar-refractivity contribution in [3.05, 3.63) is 65.2 Å². The lowest BCUT2D eigenvalue weighted by atomic mass is 10.0. The van der Waals surface area contributed by atoms with Crippen LogP contribution in [-0.4, -0.2) is 24.8 Å². The maximum Gasteiger partial charge on any atom is 0.416 e. The molecular weight excluding hydrogens is 373 g/mol. The predicted octanol–water partition coefficient (Wildman–Crippen LogP) is 4.16. The standard InChI is InChI=1S/C20H21F3N2O3/c1-3-24-19(26)18(25-28-4-2)17-11-6-5-8-14(17)13-27-16-10-7-9-15(12-16)20(21,22)23/h5-12H,3-4,13H2,1-2H3,(H,24,26). The Kier molecular flexibility index (Phi) is 7.43. The highest BCUT2D eigenvalue weighted by molar-refractivity contribution is 6.45. The highest BCUT2D eigenvalue weighted by Gasteiger charge is 2.30. The Balaban J connectivity index is 2.27. The van der Waals surface area contributed by atoms with Crippen LogP contribution < -0.4 is 10.1 Å². The third-order valence-electron chi connectivity index (χ3n) is 3.67. The summed E-state index contributed by atoms with van der Waals surface area (Å²) < 4.78 is 44.1. The molecule has 0 radical (unpaired) electrons. The maximum atomic E-state index is 12.9. The summed E-state index contributed by atoms with van der Waals surface area (Å²) in [5, 5.41) is 6.56. The minimum atomic E-state index is -4.45. The van der Waals surface area contributed by atoms with Crippen molar-refractivity contribution in [2.24, 2.45) is 5.16 Å². The lowest BCUT2D eigenvalue weighted by Gasteiger charge is -2.14. The second kappa shape index (κ2) is 9.77. The number of alkyl halides is 3. The van der Waals surface area contributed by atoms with E-state index in [0.717, 1.165) is 12.1 Å². The van der Waals surface area contributed by atoms with Gasteiger partial charge in [-0.25, -0.2) is 0 Å². The molecule has 0 aromatic heterocycles. The van der Waals surface area contributed by atoms with Gasteiger partial charge in [-0.2, -0.15) is 13.2 Å². The SMILES string of the molecule is CCNC(=O)C(=NOCC)c1ccccc1COc1cccc(C(F)(F)F)c1. The molecule has 2 aromatic carbocycles. The number of hydrogen-bond donors (Lipinski definition) is 1. The third kappa shape index (κ3) is 5.73. The molecule has 150 valence electrons. The van der Waals surface area contributed by atoms with Crippen molar-refractivity contribution in [2.45, 2.75) is 26.6 Å². The molecule has 0 atom stereocenters. The van der Waals surface area contributed by atoms with Crippen LogP contribution in [0.2, 0.25) is 0 Å². The van der Waals surface area contributed by atoms with Crippen LogP contribution in [0.5, 0.6) is 5.75 Å². The molecule has 28 heavy (non-hydrogen) atoms. The molecule has 5 nitrogen and oxygen atoms in total. The van der Waals surface area contributed by atoms with Gasteiger partial charge in [0.1, 0.15) is 19.0 Å². The summed E-state index contributed by atoms with van der Waals surface area (Å²) in [5.41, 5.74) is 0.352. The van der Waals surface area contributed by atoms with E-state index < -0.39 is 17.6 Å². The van der Waals surface area contributed by atoms with Gasteiger partial charge >= 0.3 is 6.18 Å². The summed E-state index contributed by atoms with van der Waals surface area (Å²) in [5.74, 6) is -0.339. The van der Waals surface area contributed by atoms with E-state index >= 15 is 0 Å². The molecule has 0 saturated carbocycles. The number of rotatable bonds is 8. The largest absolute Gasteiger partial charge is 0.489 e. The van der Waals surface area contributed by atoms with Gasteiger partial charge in [0.15, 0.2) is 5.71 Å². The number of nitrogens with zero attached hydrogens (tertiary/aromatic N) is 1. The molecule has 0 aliphatic rings. The number of carbonyl (C=O) groups excluding carboxylic acids is 1. The molecule has 0 bridgehead atoms. The predicted molar refractivity (Wildman–Crippen MR) is 99.1 cm³/mol. The first-order chi connectivity index (χ1) is 13.4. The normalized spacial score (nSPS) is 11.8.